The Bertz CT molecular complexity index is 282. The fraction of sp³-hybridized carbons (Fsp3) is 0.600. The number of hydrogen-bond acceptors (Lipinski definition) is 4. The molecule has 1 atom stereocenters. The molecule has 1 aromatic heterocycles. The van der Waals surface area contributed by atoms with E-state index in [1.54, 1.807) is 18.2 Å². The Kier molecular flexibility index (Phi) is 2.85. The number of ether oxygens (including phenoxy) is 1. The van der Waals surface area contributed by atoms with Crippen LogP contribution >= 0.6 is 11.9 Å². The molecule has 1 aliphatic heterocycles. The molecule has 4 heteroatoms. The van der Waals surface area contributed by atoms with Crippen LogP contribution in [0.4, 0.5) is 0 Å². The lowest BCUT2D eigenvalue weighted by atomic mass is 10.2. The molecule has 0 amide bonds. The van der Waals surface area contributed by atoms with Gasteiger partial charge in [0.25, 0.3) is 0 Å². The van der Waals surface area contributed by atoms with Crippen LogP contribution in [0, 0.1) is 0 Å². The van der Waals surface area contributed by atoms with Gasteiger partial charge < -0.3 is 9.15 Å². The second-order valence-corrected chi connectivity index (χ2v) is 4.68. The summed E-state index contributed by atoms with van der Waals surface area (Å²) >= 11 is 1.73. The average Bonchev–Trinajstić information content (AvgIpc) is 2.67. The summed E-state index contributed by atoms with van der Waals surface area (Å²) in [5.74, 6) is 1.00. The van der Waals surface area contributed by atoms with Crippen molar-refractivity contribution in [2.75, 3.05) is 19.4 Å². The molecular weight excluding hydrogens is 198 g/mol. The van der Waals surface area contributed by atoms with Gasteiger partial charge in [-0.3, -0.25) is 0 Å². The first-order valence-corrected chi connectivity index (χ1v) is 5.85. The third-order valence-electron chi connectivity index (χ3n) is 2.32. The van der Waals surface area contributed by atoms with Crippen molar-refractivity contribution >= 4 is 11.9 Å². The van der Waals surface area contributed by atoms with E-state index in [-0.39, 0.29) is 5.60 Å². The van der Waals surface area contributed by atoms with Crippen molar-refractivity contribution in [3.05, 3.63) is 24.2 Å². The Morgan fingerprint density at radius 1 is 1.64 bits per heavy atom. The summed E-state index contributed by atoms with van der Waals surface area (Å²) in [5, 5.41) is 0. The van der Waals surface area contributed by atoms with Crippen LogP contribution in [0.1, 0.15) is 12.7 Å². The zero-order chi connectivity index (χ0) is 10.0. The largest absolute Gasteiger partial charge is 0.468 e. The molecule has 0 saturated carbocycles. The van der Waals surface area contributed by atoms with Crippen LogP contribution in [-0.4, -0.2) is 29.3 Å². The van der Waals surface area contributed by atoms with Crippen LogP contribution < -0.4 is 0 Å². The molecule has 1 saturated heterocycles. The molecule has 2 rings (SSSR count). The third-order valence-corrected chi connectivity index (χ3v) is 3.09. The van der Waals surface area contributed by atoms with Crippen LogP contribution in [0.3, 0.4) is 0 Å². The van der Waals surface area contributed by atoms with Crippen LogP contribution in [-0.2, 0) is 11.3 Å². The van der Waals surface area contributed by atoms with Crippen molar-refractivity contribution in [1.29, 1.82) is 0 Å². The van der Waals surface area contributed by atoms with E-state index in [0.29, 0.717) is 0 Å². The van der Waals surface area contributed by atoms with Crippen LogP contribution in [0.2, 0.25) is 0 Å². The van der Waals surface area contributed by atoms with Gasteiger partial charge >= 0.3 is 0 Å². The maximum absolute atomic E-state index is 5.36. The quantitative estimate of drug-likeness (QED) is 0.553. The molecule has 0 bridgehead atoms. The van der Waals surface area contributed by atoms with Crippen LogP contribution in [0.5, 0.6) is 0 Å². The van der Waals surface area contributed by atoms with Gasteiger partial charge in [-0.15, -0.1) is 0 Å². The van der Waals surface area contributed by atoms with E-state index in [1.165, 1.54) is 0 Å². The van der Waals surface area contributed by atoms with Gasteiger partial charge in [-0.25, -0.2) is 4.31 Å². The summed E-state index contributed by atoms with van der Waals surface area (Å²) in [5.41, 5.74) is 0.0790. The zero-order valence-electron chi connectivity index (χ0n) is 8.53. The molecule has 0 radical (unpaired) electrons. The monoisotopic (exact) mass is 213 g/mol. The van der Waals surface area contributed by atoms with Gasteiger partial charge in [0.15, 0.2) is 0 Å². The highest BCUT2D eigenvalue weighted by Crippen LogP contribution is 2.29. The first kappa shape index (κ1) is 10.1. The Morgan fingerprint density at radius 2 is 2.43 bits per heavy atom. The number of nitrogens with zero attached hydrogens (tertiary/aromatic N) is 1. The van der Waals surface area contributed by atoms with E-state index in [0.717, 1.165) is 25.5 Å². The summed E-state index contributed by atoms with van der Waals surface area (Å²) in [7, 11) is 0. The topological polar surface area (TPSA) is 28.9 Å². The van der Waals surface area contributed by atoms with Crippen LogP contribution in [0.15, 0.2) is 22.8 Å². The lowest BCUT2D eigenvalue weighted by molar-refractivity contribution is 0.264. The van der Waals surface area contributed by atoms with Crippen molar-refractivity contribution in [3.8, 4) is 0 Å². The minimum atomic E-state index is 0.0790. The number of rotatable bonds is 5. The highest BCUT2D eigenvalue weighted by Gasteiger charge is 2.40. The lowest BCUT2D eigenvalue weighted by Crippen LogP contribution is -2.27. The molecule has 1 fully saturated rings. The molecule has 1 aliphatic rings. The van der Waals surface area contributed by atoms with E-state index >= 15 is 0 Å². The van der Waals surface area contributed by atoms with Gasteiger partial charge in [-0.1, -0.05) is 11.9 Å². The number of furan rings is 1. The second-order valence-electron chi connectivity index (χ2n) is 3.80. The van der Waals surface area contributed by atoms with Crippen molar-refractivity contribution in [2.45, 2.75) is 19.1 Å². The maximum atomic E-state index is 5.36. The second kappa shape index (κ2) is 3.96. The van der Waals surface area contributed by atoms with Crippen molar-refractivity contribution in [1.82, 2.24) is 4.31 Å². The SMILES string of the molecule is CSN(Cc1ccco1)CC1(C)CO1. The third kappa shape index (κ3) is 2.53. The molecule has 78 valence electrons. The highest BCUT2D eigenvalue weighted by molar-refractivity contribution is 7.96. The van der Waals surface area contributed by atoms with Crippen molar-refractivity contribution in [3.63, 3.8) is 0 Å². The highest BCUT2D eigenvalue weighted by atomic mass is 32.2. The van der Waals surface area contributed by atoms with E-state index in [2.05, 4.69) is 17.5 Å². The summed E-state index contributed by atoms with van der Waals surface area (Å²) in [6.45, 7) is 4.81. The van der Waals surface area contributed by atoms with Gasteiger partial charge in [0.1, 0.15) is 11.4 Å². The molecule has 2 heterocycles. The Hall–Kier alpha value is -0.450. The van der Waals surface area contributed by atoms with Gasteiger partial charge in [0.05, 0.1) is 19.4 Å². The minimum Gasteiger partial charge on any atom is -0.468 e. The van der Waals surface area contributed by atoms with E-state index < -0.39 is 0 Å². The van der Waals surface area contributed by atoms with E-state index in [4.69, 9.17) is 9.15 Å². The molecule has 0 spiro atoms. The fourth-order valence-electron chi connectivity index (χ4n) is 1.35. The number of hydrogen-bond donors (Lipinski definition) is 0. The molecule has 3 nitrogen and oxygen atoms in total. The number of epoxide rings is 1. The van der Waals surface area contributed by atoms with Gasteiger partial charge in [-0.05, 0) is 25.3 Å². The Morgan fingerprint density at radius 3 is 2.93 bits per heavy atom. The van der Waals surface area contributed by atoms with Crippen molar-refractivity contribution in [2.24, 2.45) is 0 Å². The normalized spacial score (nSPS) is 25.6. The minimum absolute atomic E-state index is 0.0790. The molecule has 0 aliphatic carbocycles. The molecule has 14 heavy (non-hydrogen) atoms. The Balaban J connectivity index is 1.87. The maximum Gasteiger partial charge on any atom is 0.118 e. The molecular formula is C10H15NO2S. The summed E-state index contributed by atoms with van der Waals surface area (Å²) in [4.78, 5) is 0. The lowest BCUT2D eigenvalue weighted by Gasteiger charge is -2.19. The molecule has 1 unspecified atom stereocenters. The van der Waals surface area contributed by atoms with Gasteiger partial charge in [0.2, 0.25) is 0 Å². The standard InChI is InChI=1S/C10H15NO2S/c1-10(8-13-10)7-11(14-2)6-9-4-3-5-12-9/h3-5H,6-8H2,1-2H3. The summed E-state index contributed by atoms with van der Waals surface area (Å²) in [6, 6.07) is 3.92. The summed E-state index contributed by atoms with van der Waals surface area (Å²) < 4.78 is 12.9. The zero-order valence-corrected chi connectivity index (χ0v) is 9.34. The van der Waals surface area contributed by atoms with Crippen molar-refractivity contribution < 1.29 is 9.15 Å². The molecule has 0 N–H and O–H groups in total. The van der Waals surface area contributed by atoms with E-state index in [9.17, 15) is 0 Å². The van der Waals surface area contributed by atoms with Gasteiger partial charge in [-0.2, -0.15) is 0 Å². The smallest absolute Gasteiger partial charge is 0.118 e. The van der Waals surface area contributed by atoms with Crippen LogP contribution in [0.25, 0.3) is 0 Å². The molecule has 0 aromatic carbocycles. The first-order chi connectivity index (χ1) is 6.72. The predicted octanol–water partition coefficient (Wildman–Crippen LogP) is 2.15. The summed E-state index contributed by atoms with van der Waals surface area (Å²) in [6.07, 6.45) is 3.79. The average molecular weight is 213 g/mol. The molecule has 1 aromatic rings. The predicted molar refractivity (Wildman–Crippen MR) is 57.0 cm³/mol. The van der Waals surface area contributed by atoms with Gasteiger partial charge in [0, 0.05) is 6.54 Å². The fourth-order valence-corrected chi connectivity index (χ4v) is 2.01. The first-order valence-electron chi connectivity index (χ1n) is 4.67. The van der Waals surface area contributed by atoms with E-state index in [1.807, 2.05) is 12.1 Å². The Labute approximate surface area is 88.5 Å².